The highest BCUT2D eigenvalue weighted by molar-refractivity contribution is 6.12. The van der Waals surface area contributed by atoms with Gasteiger partial charge in [0.2, 0.25) is 23.6 Å². The molecule has 4 saturated heterocycles. The summed E-state index contributed by atoms with van der Waals surface area (Å²) in [6.07, 6.45) is 11.5. The van der Waals surface area contributed by atoms with E-state index in [1.165, 1.54) is 0 Å². The van der Waals surface area contributed by atoms with Crippen LogP contribution in [0.2, 0.25) is 0 Å². The monoisotopic (exact) mass is 1320 g/mol. The molecule has 23 rings (SSSR count). The zero-order valence-electron chi connectivity index (χ0n) is 54.2. The Hall–Kier alpha value is -12.3. The highest BCUT2D eigenvalue weighted by Gasteiger charge is 2.40. The quantitative estimate of drug-likeness (QED) is 0.0837. The lowest BCUT2D eigenvalue weighted by atomic mass is 10.0. The van der Waals surface area contributed by atoms with Crippen molar-refractivity contribution in [2.45, 2.75) is 75.5 Å². The highest BCUT2D eigenvalue weighted by atomic mass is 16.2. The van der Waals surface area contributed by atoms with Crippen LogP contribution in [0.3, 0.4) is 0 Å². The fraction of sp³-hybridized carbons (Fsp3) is 0.200. The predicted molar refractivity (Wildman–Crippen MR) is 384 cm³/mol. The van der Waals surface area contributed by atoms with Crippen LogP contribution in [0.4, 0.5) is 22.7 Å². The first-order valence-corrected chi connectivity index (χ1v) is 34.1. The molecule has 4 atom stereocenters. The molecule has 4 fully saturated rings. The smallest absolute Gasteiger partial charge is 0.254 e. The number of para-hydroxylation sites is 4. The molecule has 6 N–H and O–H groups in total. The third-order valence-electron chi connectivity index (χ3n) is 20.6. The Morgan fingerprint density at radius 1 is 0.280 bits per heavy atom. The Balaban J connectivity index is 0.960. The number of hydrogen-bond donors (Lipinski definition) is 6. The van der Waals surface area contributed by atoms with Crippen LogP contribution in [-0.4, -0.2) is 137 Å². The minimum absolute atomic E-state index is 0.306. The van der Waals surface area contributed by atoms with Crippen LogP contribution in [0, 0.1) is 0 Å². The van der Waals surface area contributed by atoms with Gasteiger partial charge in [0.1, 0.15) is 24.2 Å². The van der Waals surface area contributed by atoms with Crippen LogP contribution >= 0.6 is 0 Å². The van der Waals surface area contributed by atoms with Gasteiger partial charge < -0.3 is 50.8 Å². The fourth-order valence-electron chi connectivity index (χ4n) is 15.7. The largest absolute Gasteiger partial charge is 0.354 e. The van der Waals surface area contributed by atoms with E-state index in [1.807, 2.05) is 146 Å². The number of aromatic nitrogens is 4. The van der Waals surface area contributed by atoms with E-state index in [2.05, 4.69) is 31.2 Å². The Bertz CT molecular complexity index is 4610. The number of anilines is 4. The van der Waals surface area contributed by atoms with Crippen LogP contribution in [-0.2, 0) is 19.2 Å². The van der Waals surface area contributed by atoms with Crippen LogP contribution in [0.25, 0.3) is 90.9 Å². The topological polar surface area (TPSA) is 255 Å². The van der Waals surface area contributed by atoms with E-state index in [-0.39, 0.29) is 23.6 Å². The summed E-state index contributed by atoms with van der Waals surface area (Å²) in [6.45, 7) is 1.28. The normalized spacial score (nSPS) is 19.8. The molecule has 9 aromatic rings. The Labute approximate surface area is 573 Å². The average Bonchev–Trinajstić information content (AvgIpc) is 1.58. The number of nitrogens with one attached hydrogen (secondary N) is 6. The molecule has 0 spiro atoms. The molecule has 16 bridgehead atoms. The first-order valence-electron chi connectivity index (χ1n) is 34.1. The lowest BCUT2D eigenvalue weighted by Gasteiger charge is -2.26. The lowest BCUT2D eigenvalue weighted by molar-refractivity contribution is -0.120. The molecule has 0 unspecified atom stereocenters. The van der Waals surface area contributed by atoms with E-state index in [1.54, 1.807) is 68.1 Å². The van der Waals surface area contributed by atoms with E-state index in [0.717, 1.165) is 0 Å². The molecule has 3 aromatic heterocycles. The number of rotatable bonds is 0. The van der Waals surface area contributed by atoms with Gasteiger partial charge in [-0.25, -0.2) is 9.97 Å². The van der Waals surface area contributed by atoms with E-state index in [4.69, 9.17) is 9.97 Å². The van der Waals surface area contributed by atoms with Gasteiger partial charge >= 0.3 is 0 Å². The predicted octanol–water partition coefficient (Wildman–Crippen LogP) is 12.9. The molecule has 17 heterocycles. The molecule has 100 heavy (non-hydrogen) atoms. The summed E-state index contributed by atoms with van der Waals surface area (Å²) >= 11 is 0. The van der Waals surface area contributed by atoms with Crippen molar-refractivity contribution in [3.05, 3.63) is 215 Å². The molecular weight excluding hydrogens is 1260 g/mol. The minimum Gasteiger partial charge on any atom is -0.354 e. The van der Waals surface area contributed by atoms with Crippen LogP contribution in [0.1, 0.15) is 116 Å². The summed E-state index contributed by atoms with van der Waals surface area (Å²) < 4.78 is 0. The van der Waals surface area contributed by atoms with Gasteiger partial charge in [-0.15, -0.1) is 0 Å². The molecule has 20 heteroatoms. The van der Waals surface area contributed by atoms with E-state index in [0.29, 0.717) is 212 Å². The third-order valence-corrected chi connectivity index (χ3v) is 20.6. The Kier molecular flexibility index (Phi) is 15.3. The summed E-state index contributed by atoms with van der Waals surface area (Å²) in [5, 5.41) is 13.0. The van der Waals surface area contributed by atoms with Crippen molar-refractivity contribution in [3.8, 4) is 44.5 Å². The van der Waals surface area contributed by atoms with Gasteiger partial charge in [0.05, 0.1) is 22.8 Å². The zero-order chi connectivity index (χ0) is 67.9. The molecule has 0 radical (unpaired) electrons. The Morgan fingerprint density at radius 3 is 0.730 bits per heavy atom. The minimum atomic E-state index is -0.861. The summed E-state index contributed by atoms with van der Waals surface area (Å²) in [5.74, 6) is -3.06. The van der Waals surface area contributed by atoms with Gasteiger partial charge in [-0.3, -0.25) is 38.4 Å². The number of nitrogens with zero attached hydrogens (tertiary/aromatic N) is 6. The van der Waals surface area contributed by atoms with Gasteiger partial charge in [-0.05, 0) is 173 Å². The maximum atomic E-state index is 15.1. The molecule has 8 amide bonds. The standard InChI is InChI=1S/C80H66N12O8/c93-73-65-21-9-41-89(65)77(97)45-25-27-46(28-26-45)78(98)92-44-12-24-68(92)76(96)88-56-20-8-4-16-52(56)72-63-39-37-61(83-63)70-50-14-2-6-18-54(50)86-74(94)66-22-10-42-90(66)79(99)47-29-31-48(32-30-47)80(100)91-43-11-23-67(91)75(95)87-55-19-7-3-15-51(55)71(62-38-40-64(72)84-62)60-36-34-58(82-60)69(57-33-35-59(70)81-57)49-13-1-5-17-53(49)85-73/h1-8,13-20,25-40,65-68,81,84H,9-12,21-24,41-44H2,(H,85,93)(H,86,94)(H,87,95)(H,88,96)/t65-,66-,67-,68-/m0/s1. The van der Waals surface area contributed by atoms with Gasteiger partial charge in [-0.2, -0.15) is 0 Å². The van der Waals surface area contributed by atoms with Gasteiger partial charge in [0.15, 0.2) is 0 Å². The molecule has 494 valence electrons. The number of hydrogen-bond acceptors (Lipinski definition) is 10. The maximum Gasteiger partial charge on any atom is 0.254 e. The van der Waals surface area contributed by atoms with E-state index >= 15 is 19.2 Å². The molecule has 0 aliphatic carbocycles. The van der Waals surface area contributed by atoms with Crippen molar-refractivity contribution >= 4 is 116 Å². The number of amides is 8. The zero-order valence-corrected chi connectivity index (χ0v) is 54.2. The van der Waals surface area contributed by atoms with Crippen LogP contribution in [0.15, 0.2) is 170 Å². The van der Waals surface area contributed by atoms with Crippen molar-refractivity contribution in [1.82, 2.24) is 39.5 Å². The fourth-order valence-corrected chi connectivity index (χ4v) is 15.7. The third kappa shape index (κ3) is 10.7. The number of aromatic amines is 2. The SMILES string of the molecule is O=C1Nc2ccccc2-c2c3nc(c4c5ccc([nH]5)c(c5nc(c(c6ccc2[nH]6)-c2ccccc2NC(=O)[C@@H]2CCCN2C(=O)c2ccc(cc2)C(=O)N2CCC[C@H]2C(=O)Nc2ccccc2-4)C=C5)-c2ccccc2NC(=O)[C@@H]2CCCN2C(=O)c2ccc(cc2)C(=O)N2CCC[C@@H]12)C=C3. The van der Waals surface area contributed by atoms with E-state index < -0.39 is 47.8 Å². The van der Waals surface area contributed by atoms with Crippen molar-refractivity contribution in [3.63, 3.8) is 0 Å². The Morgan fingerprint density at radius 2 is 0.500 bits per heavy atom. The summed E-state index contributed by atoms with van der Waals surface area (Å²) in [6, 6.07) is 47.0. The number of carbonyl (C=O) groups excluding carboxylic acids is 8. The van der Waals surface area contributed by atoms with Crippen molar-refractivity contribution in [2.24, 2.45) is 0 Å². The van der Waals surface area contributed by atoms with Gasteiger partial charge in [0, 0.05) is 138 Å². The molecule has 14 aliphatic rings. The molecular formula is C80H66N12O8. The first kappa shape index (κ1) is 61.3. The van der Waals surface area contributed by atoms with Crippen LogP contribution < -0.4 is 21.3 Å². The second kappa shape index (κ2) is 25.0. The van der Waals surface area contributed by atoms with E-state index in [9.17, 15) is 19.2 Å². The highest BCUT2D eigenvalue weighted by Crippen LogP contribution is 2.44. The van der Waals surface area contributed by atoms with Crippen molar-refractivity contribution in [1.29, 1.82) is 0 Å². The first-order chi connectivity index (χ1) is 48.9. The second-order valence-electron chi connectivity index (χ2n) is 26.4. The van der Waals surface area contributed by atoms with Crippen LogP contribution in [0.5, 0.6) is 0 Å². The summed E-state index contributed by atoms with van der Waals surface area (Å²) in [4.78, 5) is 144. The second-order valence-corrected chi connectivity index (χ2v) is 26.4. The molecule has 6 aromatic carbocycles. The van der Waals surface area contributed by atoms with Crippen molar-refractivity contribution in [2.75, 3.05) is 47.4 Å². The number of benzene rings is 6. The molecule has 14 aliphatic heterocycles. The summed E-state index contributed by atoms with van der Waals surface area (Å²) in [5.41, 5.74) is 11.9. The van der Waals surface area contributed by atoms with Gasteiger partial charge in [0.25, 0.3) is 23.6 Å². The maximum absolute atomic E-state index is 15.1. The van der Waals surface area contributed by atoms with Crippen molar-refractivity contribution < 1.29 is 38.4 Å². The average molecular weight is 1320 g/mol. The molecule has 20 nitrogen and oxygen atoms in total. The molecule has 0 saturated carbocycles. The summed E-state index contributed by atoms with van der Waals surface area (Å²) in [7, 11) is 0. The number of H-pyrrole nitrogens is 2. The lowest BCUT2D eigenvalue weighted by Crippen LogP contribution is -2.43. The van der Waals surface area contributed by atoms with Gasteiger partial charge in [-0.1, -0.05) is 72.8 Å². The number of carbonyl (C=O) groups is 8.